The number of carbonyl (C=O) groups is 1. The standard InChI is InChI=1S/C8H11N3O/c12-7-2-3-8(9-6-7)11-5-1-4-10-11/h1,4-5,8-9H,2-3,6H2. The monoisotopic (exact) mass is 165 g/mol. The first-order valence-corrected chi connectivity index (χ1v) is 4.10. The Balaban J connectivity index is 2.03. The SMILES string of the molecule is O=C1CCC(n2cccn2)NC1. The highest BCUT2D eigenvalue weighted by Crippen LogP contribution is 2.13. The number of hydrogen-bond acceptors (Lipinski definition) is 3. The minimum Gasteiger partial charge on any atom is -0.298 e. The van der Waals surface area contributed by atoms with Gasteiger partial charge in [0.1, 0.15) is 11.9 Å². The molecule has 1 unspecified atom stereocenters. The van der Waals surface area contributed by atoms with Crippen LogP contribution in [0.4, 0.5) is 0 Å². The van der Waals surface area contributed by atoms with Gasteiger partial charge in [0.2, 0.25) is 0 Å². The number of ketones is 1. The normalized spacial score (nSPS) is 24.3. The maximum atomic E-state index is 10.9. The smallest absolute Gasteiger partial charge is 0.146 e. The molecule has 0 radical (unpaired) electrons. The molecule has 0 amide bonds. The summed E-state index contributed by atoms with van der Waals surface area (Å²) in [7, 11) is 0. The van der Waals surface area contributed by atoms with Crippen LogP contribution < -0.4 is 5.32 Å². The molecule has 1 aromatic rings. The van der Waals surface area contributed by atoms with Crippen LogP contribution >= 0.6 is 0 Å². The van der Waals surface area contributed by atoms with Crippen molar-refractivity contribution in [3.63, 3.8) is 0 Å². The second-order valence-electron chi connectivity index (χ2n) is 2.96. The summed E-state index contributed by atoms with van der Waals surface area (Å²) in [5.41, 5.74) is 0. The minimum atomic E-state index is 0.206. The van der Waals surface area contributed by atoms with E-state index in [-0.39, 0.29) is 6.17 Å². The molecule has 1 atom stereocenters. The fraction of sp³-hybridized carbons (Fsp3) is 0.500. The average Bonchev–Trinajstić information content (AvgIpc) is 2.58. The number of nitrogens with one attached hydrogen (secondary N) is 1. The van der Waals surface area contributed by atoms with Crippen molar-refractivity contribution in [2.75, 3.05) is 6.54 Å². The second kappa shape index (κ2) is 3.06. The molecule has 4 heteroatoms. The van der Waals surface area contributed by atoms with Crippen molar-refractivity contribution >= 4 is 5.78 Å². The van der Waals surface area contributed by atoms with E-state index in [1.54, 1.807) is 6.20 Å². The van der Waals surface area contributed by atoms with Gasteiger partial charge in [-0.25, -0.2) is 0 Å². The lowest BCUT2D eigenvalue weighted by Gasteiger charge is -2.22. The summed E-state index contributed by atoms with van der Waals surface area (Å²) in [5.74, 6) is 0.290. The number of hydrogen-bond donors (Lipinski definition) is 1. The molecule has 1 N–H and O–H groups in total. The summed E-state index contributed by atoms with van der Waals surface area (Å²) in [4.78, 5) is 10.9. The predicted octanol–water partition coefficient (Wildman–Crippen LogP) is 0.334. The van der Waals surface area contributed by atoms with Gasteiger partial charge in [-0.3, -0.25) is 14.8 Å². The van der Waals surface area contributed by atoms with Crippen LogP contribution in [0.1, 0.15) is 19.0 Å². The lowest BCUT2D eigenvalue weighted by Crippen LogP contribution is -2.36. The Bertz CT molecular complexity index is 258. The topological polar surface area (TPSA) is 46.9 Å². The molecule has 12 heavy (non-hydrogen) atoms. The highest BCUT2D eigenvalue weighted by molar-refractivity contribution is 5.81. The molecular formula is C8H11N3O. The van der Waals surface area contributed by atoms with Crippen LogP contribution in [0.3, 0.4) is 0 Å². The molecule has 2 heterocycles. The number of Topliss-reactive ketones (excluding diaryl/α,β-unsaturated/α-hetero) is 1. The van der Waals surface area contributed by atoms with E-state index < -0.39 is 0 Å². The van der Waals surface area contributed by atoms with Crippen molar-refractivity contribution in [1.82, 2.24) is 15.1 Å². The van der Waals surface area contributed by atoms with Crippen molar-refractivity contribution < 1.29 is 4.79 Å². The zero-order valence-electron chi connectivity index (χ0n) is 6.73. The Kier molecular flexibility index (Phi) is 1.91. The zero-order valence-corrected chi connectivity index (χ0v) is 6.73. The van der Waals surface area contributed by atoms with Crippen LogP contribution in [0.5, 0.6) is 0 Å². The Morgan fingerprint density at radius 3 is 3.17 bits per heavy atom. The first kappa shape index (κ1) is 7.49. The summed E-state index contributed by atoms with van der Waals surface area (Å²) >= 11 is 0. The molecule has 1 fully saturated rings. The third-order valence-corrected chi connectivity index (χ3v) is 2.08. The van der Waals surface area contributed by atoms with Gasteiger partial charge in [0.05, 0.1) is 6.54 Å². The van der Waals surface area contributed by atoms with E-state index >= 15 is 0 Å². The molecule has 1 saturated heterocycles. The molecule has 1 aliphatic heterocycles. The fourth-order valence-corrected chi connectivity index (χ4v) is 1.41. The summed E-state index contributed by atoms with van der Waals surface area (Å²) < 4.78 is 1.85. The van der Waals surface area contributed by atoms with Gasteiger partial charge in [-0.1, -0.05) is 0 Å². The maximum absolute atomic E-state index is 10.9. The van der Waals surface area contributed by atoms with Crippen molar-refractivity contribution in [3.05, 3.63) is 18.5 Å². The largest absolute Gasteiger partial charge is 0.298 e. The van der Waals surface area contributed by atoms with Gasteiger partial charge >= 0.3 is 0 Å². The molecule has 4 nitrogen and oxygen atoms in total. The van der Waals surface area contributed by atoms with Gasteiger partial charge in [0.15, 0.2) is 0 Å². The molecule has 0 aliphatic carbocycles. The Hall–Kier alpha value is -1.16. The van der Waals surface area contributed by atoms with E-state index in [0.717, 1.165) is 6.42 Å². The number of rotatable bonds is 1. The summed E-state index contributed by atoms with van der Waals surface area (Å²) in [6.45, 7) is 0.477. The van der Waals surface area contributed by atoms with E-state index in [4.69, 9.17) is 0 Å². The predicted molar refractivity (Wildman–Crippen MR) is 43.5 cm³/mol. The van der Waals surface area contributed by atoms with E-state index in [0.29, 0.717) is 18.7 Å². The van der Waals surface area contributed by atoms with E-state index in [1.165, 1.54) is 0 Å². The highest BCUT2D eigenvalue weighted by atomic mass is 16.1. The van der Waals surface area contributed by atoms with Crippen molar-refractivity contribution in [3.8, 4) is 0 Å². The van der Waals surface area contributed by atoms with Crippen LogP contribution in [0.15, 0.2) is 18.5 Å². The van der Waals surface area contributed by atoms with Crippen LogP contribution in [0, 0.1) is 0 Å². The van der Waals surface area contributed by atoms with Crippen LogP contribution in [-0.2, 0) is 4.79 Å². The second-order valence-corrected chi connectivity index (χ2v) is 2.96. The Morgan fingerprint density at radius 1 is 1.67 bits per heavy atom. The molecule has 0 spiro atoms. The lowest BCUT2D eigenvalue weighted by molar-refractivity contribution is -0.120. The first-order valence-electron chi connectivity index (χ1n) is 4.10. The van der Waals surface area contributed by atoms with Crippen LogP contribution in [0.2, 0.25) is 0 Å². The lowest BCUT2D eigenvalue weighted by atomic mass is 10.1. The molecule has 0 bridgehead atoms. The molecular weight excluding hydrogens is 154 g/mol. The Morgan fingerprint density at radius 2 is 2.58 bits per heavy atom. The molecule has 1 aromatic heterocycles. The molecule has 1 aliphatic rings. The molecule has 2 rings (SSSR count). The van der Waals surface area contributed by atoms with Crippen LogP contribution in [0.25, 0.3) is 0 Å². The zero-order chi connectivity index (χ0) is 8.39. The minimum absolute atomic E-state index is 0.206. The van der Waals surface area contributed by atoms with Gasteiger partial charge in [0.25, 0.3) is 0 Å². The van der Waals surface area contributed by atoms with Gasteiger partial charge in [-0.05, 0) is 12.5 Å². The van der Waals surface area contributed by atoms with E-state index in [9.17, 15) is 4.79 Å². The van der Waals surface area contributed by atoms with Gasteiger partial charge in [-0.2, -0.15) is 5.10 Å². The summed E-state index contributed by atoms with van der Waals surface area (Å²) in [5, 5.41) is 7.23. The first-order chi connectivity index (χ1) is 5.86. The maximum Gasteiger partial charge on any atom is 0.146 e. The summed E-state index contributed by atoms with van der Waals surface area (Å²) in [6, 6.07) is 1.89. The highest BCUT2D eigenvalue weighted by Gasteiger charge is 2.18. The van der Waals surface area contributed by atoms with E-state index in [1.807, 2.05) is 16.9 Å². The number of carbonyl (C=O) groups excluding carboxylic acids is 1. The number of piperidine rings is 1. The quantitative estimate of drug-likeness (QED) is 0.652. The van der Waals surface area contributed by atoms with Crippen molar-refractivity contribution in [2.24, 2.45) is 0 Å². The number of nitrogens with zero attached hydrogens (tertiary/aromatic N) is 2. The Labute approximate surface area is 70.6 Å². The summed E-state index contributed by atoms with van der Waals surface area (Å²) in [6.07, 6.45) is 5.38. The molecule has 64 valence electrons. The van der Waals surface area contributed by atoms with Gasteiger partial charge in [0, 0.05) is 18.8 Å². The third kappa shape index (κ3) is 1.38. The third-order valence-electron chi connectivity index (χ3n) is 2.08. The van der Waals surface area contributed by atoms with Gasteiger partial charge in [-0.15, -0.1) is 0 Å². The average molecular weight is 165 g/mol. The number of aromatic nitrogens is 2. The van der Waals surface area contributed by atoms with Crippen molar-refractivity contribution in [1.29, 1.82) is 0 Å². The van der Waals surface area contributed by atoms with Crippen molar-refractivity contribution in [2.45, 2.75) is 19.0 Å². The van der Waals surface area contributed by atoms with E-state index in [2.05, 4.69) is 10.4 Å². The molecule has 0 saturated carbocycles. The van der Waals surface area contributed by atoms with Gasteiger partial charge < -0.3 is 0 Å². The van der Waals surface area contributed by atoms with Crippen LogP contribution in [-0.4, -0.2) is 22.1 Å². The molecule has 0 aromatic carbocycles. The fourth-order valence-electron chi connectivity index (χ4n) is 1.41.